The number of aliphatic hydroxyl groups is 1. The number of aryl methyl sites for hydroxylation is 1. The normalized spacial score (nSPS) is 16.2. The number of likely N-dealkylation sites (tertiary alicyclic amines) is 1. The molecule has 20 heavy (non-hydrogen) atoms. The first-order valence-corrected chi connectivity index (χ1v) is 7.38. The molecule has 1 heterocycles. The van der Waals surface area contributed by atoms with E-state index in [2.05, 4.69) is 30.4 Å². The van der Waals surface area contributed by atoms with E-state index in [1.54, 1.807) is 0 Å². The van der Waals surface area contributed by atoms with Gasteiger partial charge in [-0.1, -0.05) is 29.8 Å². The molecule has 2 amide bonds. The Kier molecular flexibility index (Phi) is 5.41. The molecule has 1 saturated heterocycles. The molecule has 0 spiro atoms. The summed E-state index contributed by atoms with van der Waals surface area (Å²) in [4.78, 5) is 13.9. The molecule has 0 atom stereocenters. The Morgan fingerprint density at radius 3 is 2.80 bits per heavy atom. The van der Waals surface area contributed by atoms with E-state index >= 15 is 0 Å². The number of benzene rings is 1. The number of aliphatic hydroxyl groups excluding tert-OH is 1. The van der Waals surface area contributed by atoms with E-state index in [1.165, 1.54) is 11.1 Å². The topological polar surface area (TPSA) is 52.6 Å². The average Bonchev–Trinajstić information content (AvgIpc) is 2.47. The molecule has 1 aliphatic heterocycles. The predicted octanol–water partition coefficient (Wildman–Crippen LogP) is 1.95. The number of carbonyl (C=O) groups excluding carboxylic acids is 1. The van der Waals surface area contributed by atoms with Gasteiger partial charge in [0.25, 0.3) is 0 Å². The zero-order chi connectivity index (χ0) is 14.4. The molecule has 110 valence electrons. The minimum atomic E-state index is 0.0223. The maximum absolute atomic E-state index is 12.0. The Balaban J connectivity index is 1.70. The van der Waals surface area contributed by atoms with Crippen LogP contribution in [0.2, 0.25) is 0 Å². The van der Waals surface area contributed by atoms with Gasteiger partial charge in [0.1, 0.15) is 0 Å². The van der Waals surface area contributed by atoms with Crippen LogP contribution in [0.15, 0.2) is 24.3 Å². The second-order valence-corrected chi connectivity index (χ2v) is 5.58. The molecule has 0 aliphatic carbocycles. The highest BCUT2D eigenvalue weighted by Gasteiger charge is 2.21. The number of rotatable bonds is 4. The van der Waals surface area contributed by atoms with Crippen molar-refractivity contribution in [3.63, 3.8) is 0 Å². The summed E-state index contributed by atoms with van der Waals surface area (Å²) < 4.78 is 0. The molecule has 1 fully saturated rings. The lowest BCUT2D eigenvalue weighted by molar-refractivity contribution is 0.137. The van der Waals surface area contributed by atoms with Gasteiger partial charge in [-0.2, -0.15) is 0 Å². The minimum Gasteiger partial charge on any atom is -0.396 e. The minimum absolute atomic E-state index is 0.0223. The van der Waals surface area contributed by atoms with Gasteiger partial charge in [0, 0.05) is 26.2 Å². The zero-order valence-electron chi connectivity index (χ0n) is 12.1. The van der Waals surface area contributed by atoms with E-state index < -0.39 is 0 Å². The molecule has 0 radical (unpaired) electrons. The summed E-state index contributed by atoms with van der Waals surface area (Å²) in [5.41, 5.74) is 2.50. The summed E-state index contributed by atoms with van der Waals surface area (Å²) in [5, 5.41) is 12.1. The van der Waals surface area contributed by atoms with Crippen molar-refractivity contribution in [2.24, 2.45) is 5.92 Å². The molecule has 2 rings (SSSR count). The quantitative estimate of drug-likeness (QED) is 0.883. The van der Waals surface area contributed by atoms with Crippen LogP contribution in [0.3, 0.4) is 0 Å². The van der Waals surface area contributed by atoms with Crippen molar-refractivity contribution in [1.82, 2.24) is 10.2 Å². The van der Waals surface area contributed by atoms with Crippen LogP contribution < -0.4 is 5.32 Å². The molecule has 1 aromatic rings. The fourth-order valence-electron chi connectivity index (χ4n) is 2.61. The van der Waals surface area contributed by atoms with Gasteiger partial charge in [0.15, 0.2) is 0 Å². The zero-order valence-corrected chi connectivity index (χ0v) is 12.1. The highest BCUT2D eigenvalue weighted by atomic mass is 16.3. The number of carbonyl (C=O) groups is 1. The first kappa shape index (κ1) is 14.9. The van der Waals surface area contributed by atoms with Crippen LogP contribution in [0.4, 0.5) is 4.79 Å². The molecule has 2 N–H and O–H groups in total. The molecule has 0 saturated carbocycles. The largest absolute Gasteiger partial charge is 0.396 e. The SMILES string of the molecule is Cc1cccc(CCNC(=O)N2CCC(CO)CC2)c1. The van der Waals surface area contributed by atoms with E-state index in [1.807, 2.05) is 11.0 Å². The maximum atomic E-state index is 12.0. The summed E-state index contributed by atoms with van der Waals surface area (Å²) in [6, 6.07) is 8.39. The van der Waals surface area contributed by atoms with E-state index in [-0.39, 0.29) is 12.6 Å². The first-order chi connectivity index (χ1) is 9.69. The third-order valence-electron chi connectivity index (χ3n) is 3.93. The Labute approximate surface area is 120 Å². The van der Waals surface area contributed by atoms with Crippen molar-refractivity contribution in [2.75, 3.05) is 26.2 Å². The Morgan fingerprint density at radius 1 is 1.40 bits per heavy atom. The Bertz CT molecular complexity index is 440. The van der Waals surface area contributed by atoms with Crippen LogP contribution in [-0.4, -0.2) is 42.3 Å². The second kappa shape index (κ2) is 7.29. The number of hydrogen-bond acceptors (Lipinski definition) is 2. The van der Waals surface area contributed by atoms with Crippen LogP contribution in [0.25, 0.3) is 0 Å². The average molecular weight is 276 g/mol. The van der Waals surface area contributed by atoms with Crippen molar-refractivity contribution in [3.05, 3.63) is 35.4 Å². The summed E-state index contributed by atoms with van der Waals surface area (Å²) in [5.74, 6) is 0.367. The van der Waals surface area contributed by atoms with Crippen LogP contribution in [0.5, 0.6) is 0 Å². The number of nitrogens with one attached hydrogen (secondary N) is 1. The maximum Gasteiger partial charge on any atom is 0.317 e. The number of urea groups is 1. The van der Waals surface area contributed by atoms with Crippen molar-refractivity contribution >= 4 is 6.03 Å². The van der Waals surface area contributed by atoms with E-state index in [0.717, 1.165) is 32.4 Å². The fourth-order valence-corrected chi connectivity index (χ4v) is 2.61. The highest BCUT2D eigenvalue weighted by molar-refractivity contribution is 5.74. The molecule has 0 aromatic heterocycles. The number of nitrogens with zero attached hydrogens (tertiary/aromatic N) is 1. The molecule has 4 nitrogen and oxygen atoms in total. The molecule has 1 aliphatic rings. The van der Waals surface area contributed by atoms with Crippen LogP contribution >= 0.6 is 0 Å². The third-order valence-corrected chi connectivity index (χ3v) is 3.93. The molecule has 4 heteroatoms. The lowest BCUT2D eigenvalue weighted by Gasteiger charge is -2.31. The van der Waals surface area contributed by atoms with Crippen molar-refractivity contribution in [3.8, 4) is 0 Å². The third kappa shape index (κ3) is 4.23. The van der Waals surface area contributed by atoms with Gasteiger partial charge in [-0.15, -0.1) is 0 Å². The van der Waals surface area contributed by atoms with Crippen molar-refractivity contribution < 1.29 is 9.90 Å². The van der Waals surface area contributed by atoms with Crippen LogP contribution in [0, 0.1) is 12.8 Å². The highest BCUT2D eigenvalue weighted by Crippen LogP contribution is 2.16. The van der Waals surface area contributed by atoms with E-state index in [4.69, 9.17) is 5.11 Å². The lowest BCUT2D eigenvalue weighted by atomic mass is 9.98. The summed E-state index contributed by atoms with van der Waals surface area (Å²) in [6.07, 6.45) is 2.67. The van der Waals surface area contributed by atoms with E-state index in [9.17, 15) is 4.79 Å². The molecule has 0 unspecified atom stereocenters. The summed E-state index contributed by atoms with van der Waals surface area (Å²) in [7, 11) is 0. The van der Waals surface area contributed by atoms with Crippen molar-refractivity contribution in [1.29, 1.82) is 0 Å². The van der Waals surface area contributed by atoms with Gasteiger partial charge in [0.05, 0.1) is 0 Å². The van der Waals surface area contributed by atoms with Gasteiger partial charge in [-0.25, -0.2) is 4.79 Å². The Hall–Kier alpha value is -1.55. The molecular formula is C16H24N2O2. The standard InChI is InChI=1S/C16H24N2O2/c1-13-3-2-4-14(11-13)5-8-17-16(20)18-9-6-15(12-19)7-10-18/h2-4,11,15,19H,5-10,12H2,1H3,(H,17,20). The number of amides is 2. The van der Waals surface area contributed by atoms with E-state index in [0.29, 0.717) is 12.5 Å². The number of hydrogen-bond donors (Lipinski definition) is 2. The number of piperidine rings is 1. The second-order valence-electron chi connectivity index (χ2n) is 5.58. The van der Waals surface area contributed by atoms with Crippen molar-refractivity contribution in [2.45, 2.75) is 26.2 Å². The molecule has 1 aromatic carbocycles. The lowest BCUT2D eigenvalue weighted by Crippen LogP contribution is -2.45. The predicted molar refractivity (Wildman–Crippen MR) is 79.7 cm³/mol. The van der Waals surface area contributed by atoms with Crippen LogP contribution in [0.1, 0.15) is 24.0 Å². The van der Waals surface area contributed by atoms with Crippen LogP contribution in [-0.2, 0) is 6.42 Å². The summed E-state index contributed by atoms with van der Waals surface area (Å²) in [6.45, 7) is 4.49. The first-order valence-electron chi connectivity index (χ1n) is 7.38. The van der Waals surface area contributed by atoms with Gasteiger partial charge < -0.3 is 15.3 Å². The van der Waals surface area contributed by atoms with Gasteiger partial charge in [-0.3, -0.25) is 0 Å². The molecular weight excluding hydrogens is 252 g/mol. The summed E-state index contributed by atoms with van der Waals surface area (Å²) >= 11 is 0. The fraction of sp³-hybridized carbons (Fsp3) is 0.562. The van der Waals surface area contributed by atoms with Gasteiger partial charge >= 0.3 is 6.03 Å². The smallest absolute Gasteiger partial charge is 0.317 e. The monoisotopic (exact) mass is 276 g/mol. The van der Waals surface area contributed by atoms with Gasteiger partial charge in [0.2, 0.25) is 0 Å². The molecule has 0 bridgehead atoms. The van der Waals surface area contributed by atoms with Gasteiger partial charge in [-0.05, 0) is 37.7 Å². The Morgan fingerprint density at radius 2 is 2.15 bits per heavy atom.